The lowest BCUT2D eigenvalue weighted by Crippen LogP contribution is -2.61. The molecule has 9 unspecified atom stereocenters. The molecule has 1 fully saturated rings. The predicted molar refractivity (Wildman–Crippen MR) is 197 cm³/mol. The van der Waals surface area contributed by atoms with Gasteiger partial charge in [0.2, 0.25) is 47.3 Å². The van der Waals surface area contributed by atoms with Gasteiger partial charge in [-0.3, -0.25) is 38.4 Å². The number of nitrogens with two attached hydrogens (primary N) is 2. The second-order valence-corrected chi connectivity index (χ2v) is 13.9. The Bertz CT molecular complexity index is 1420. The lowest BCUT2D eigenvalue weighted by atomic mass is 10.0. The number of carbonyl (C=O) groups excluding carboxylic acids is 8. The highest BCUT2D eigenvalue weighted by Crippen LogP contribution is 2.21. The molecular formula is C32H55N9O14S. The number of carboxylic acids is 1. The summed E-state index contributed by atoms with van der Waals surface area (Å²) in [5.41, 5.74) is 10.7. The van der Waals surface area contributed by atoms with Gasteiger partial charge in [-0.15, -0.1) is 0 Å². The van der Waals surface area contributed by atoms with E-state index >= 15 is 0 Å². The zero-order valence-corrected chi connectivity index (χ0v) is 32.2. The molecule has 1 aliphatic rings. The first-order valence-electron chi connectivity index (χ1n) is 17.7. The first kappa shape index (κ1) is 49.4. The van der Waals surface area contributed by atoms with E-state index < -0.39 is 134 Å². The van der Waals surface area contributed by atoms with Crippen LogP contribution in [0.5, 0.6) is 0 Å². The first-order chi connectivity index (χ1) is 26.2. The molecule has 9 atom stereocenters. The molecule has 1 saturated heterocycles. The molecule has 0 saturated carbocycles. The lowest BCUT2D eigenvalue weighted by Gasteiger charge is -2.31. The van der Waals surface area contributed by atoms with Crippen molar-refractivity contribution in [3.63, 3.8) is 0 Å². The number of aliphatic hydroxyl groups is 4. The van der Waals surface area contributed by atoms with E-state index in [1.54, 1.807) is 13.8 Å². The van der Waals surface area contributed by atoms with Crippen LogP contribution >= 0.6 is 12.6 Å². The molecule has 0 radical (unpaired) electrons. The second-order valence-electron chi connectivity index (χ2n) is 13.5. The Morgan fingerprint density at radius 2 is 1.27 bits per heavy atom. The van der Waals surface area contributed by atoms with E-state index in [0.29, 0.717) is 6.42 Å². The summed E-state index contributed by atoms with van der Waals surface area (Å²) in [6.07, 6.45) is -1.95. The van der Waals surface area contributed by atoms with Gasteiger partial charge in [0, 0.05) is 18.7 Å². The van der Waals surface area contributed by atoms with Crippen LogP contribution in [-0.4, -0.2) is 170 Å². The molecule has 0 aliphatic carbocycles. The molecule has 56 heavy (non-hydrogen) atoms. The van der Waals surface area contributed by atoms with Crippen LogP contribution in [0.25, 0.3) is 0 Å². The van der Waals surface area contributed by atoms with Gasteiger partial charge in [-0.05, 0) is 38.5 Å². The minimum Gasteiger partial charge on any atom is -0.480 e. The third-order valence-electron chi connectivity index (χ3n) is 8.50. The molecule has 8 amide bonds. The van der Waals surface area contributed by atoms with Crippen molar-refractivity contribution in [1.29, 1.82) is 0 Å². The van der Waals surface area contributed by atoms with Gasteiger partial charge in [-0.2, -0.15) is 12.6 Å². The van der Waals surface area contributed by atoms with Crippen LogP contribution in [0.3, 0.4) is 0 Å². The fourth-order valence-corrected chi connectivity index (χ4v) is 5.68. The average Bonchev–Trinajstić information content (AvgIpc) is 3.63. The van der Waals surface area contributed by atoms with Crippen LogP contribution in [0.15, 0.2) is 0 Å². The number of aliphatic carboxylic acids is 1. The number of thiol groups is 1. The largest absolute Gasteiger partial charge is 0.480 e. The van der Waals surface area contributed by atoms with Crippen LogP contribution in [0.2, 0.25) is 0 Å². The molecular weight excluding hydrogens is 766 g/mol. The lowest BCUT2D eigenvalue weighted by molar-refractivity contribution is -0.144. The summed E-state index contributed by atoms with van der Waals surface area (Å²) in [7, 11) is 0. The van der Waals surface area contributed by atoms with Crippen molar-refractivity contribution in [1.82, 2.24) is 36.8 Å². The SMILES string of the molecule is CC(C)CC(NC(=O)C(CO)NC(=O)C(CS)NC(=O)C(N)CO)C(=O)N1CCCC1C(=O)NC(CCC(N)=O)C(=O)NC(C(=O)NC(CO)C(=O)O)C(C)O. The molecule has 1 heterocycles. The first-order valence-corrected chi connectivity index (χ1v) is 18.4. The number of likely N-dealkylation sites (tertiary alicyclic amines) is 1. The average molecular weight is 822 g/mol. The van der Waals surface area contributed by atoms with Crippen molar-refractivity contribution < 1.29 is 68.7 Å². The maximum Gasteiger partial charge on any atom is 0.328 e. The maximum atomic E-state index is 13.9. The monoisotopic (exact) mass is 821 g/mol. The molecule has 23 nitrogen and oxygen atoms in total. The molecule has 0 aromatic rings. The summed E-state index contributed by atoms with van der Waals surface area (Å²) in [4.78, 5) is 116. The molecule has 0 aromatic heterocycles. The van der Waals surface area contributed by atoms with Gasteiger partial charge in [-0.1, -0.05) is 13.8 Å². The Balaban J connectivity index is 3.22. The number of nitrogens with zero attached hydrogens (tertiary/aromatic N) is 1. The van der Waals surface area contributed by atoms with E-state index in [-0.39, 0.29) is 37.5 Å². The standard InChI is InChI=1S/C32H55N9O14S/c1-14(2)9-18(36-27(49)19(11-43)37-28(50)21(13-56)39-25(47)16(33)10-42)31(53)41-8-4-5-22(41)29(51)35-17(6-7-23(34)46)26(48)40-24(15(3)45)30(52)38-20(12-44)32(54)55/h14-22,24,42-45,56H,4-13,33H2,1-3H3,(H2,34,46)(H,35,51)(H,36,49)(H,37,50)(H,38,52)(H,39,47)(H,40,48)(H,54,55). The normalized spacial score (nSPS) is 18.2. The number of hydrogen-bond donors (Lipinski definition) is 14. The molecule has 24 heteroatoms. The number of rotatable bonds is 24. The quantitative estimate of drug-likeness (QED) is 0.0402. The van der Waals surface area contributed by atoms with Gasteiger partial charge in [0.25, 0.3) is 0 Å². The minimum absolute atomic E-state index is 0.0405. The van der Waals surface area contributed by atoms with Crippen molar-refractivity contribution >= 4 is 65.9 Å². The Morgan fingerprint density at radius 1 is 0.732 bits per heavy atom. The number of carboxylic acid groups (broad SMARTS) is 1. The highest BCUT2D eigenvalue weighted by Gasteiger charge is 2.40. The van der Waals surface area contributed by atoms with Gasteiger partial charge in [0.15, 0.2) is 0 Å². The van der Waals surface area contributed by atoms with E-state index in [4.69, 9.17) is 21.7 Å². The van der Waals surface area contributed by atoms with E-state index in [9.17, 15) is 58.5 Å². The van der Waals surface area contributed by atoms with Crippen LogP contribution in [0.1, 0.15) is 52.9 Å². The fraction of sp³-hybridized carbons (Fsp3) is 0.719. The smallest absolute Gasteiger partial charge is 0.328 e. The van der Waals surface area contributed by atoms with Crippen molar-refractivity contribution in [3.05, 3.63) is 0 Å². The van der Waals surface area contributed by atoms with Gasteiger partial charge >= 0.3 is 5.97 Å². The zero-order chi connectivity index (χ0) is 42.9. The van der Waals surface area contributed by atoms with Crippen LogP contribution in [0.4, 0.5) is 0 Å². The third kappa shape index (κ3) is 15.5. The highest BCUT2D eigenvalue weighted by molar-refractivity contribution is 7.80. The van der Waals surface area contributed by atoms with Crippen LogP contribution in [-0.2, 0) is 43.2 Å². The topological polar surface area (TPSA) is 382 Å². The summed E-state index contributed by atoms with van der Waals surface area (Å²) < 4.78 is 0. The zero-order valence-electron chi connectivity index (χ0n) is 31.3. The molecule has 0 bridgehead atoms. The maximum absolute atomic E-state index is 13.9. The van der Waals surface area contributed by atoms with Gasteiger partial charge in [-0.25, -0.2) is 4.79 Å². The van der Waals surface area contributed by atoms with Crippen LogP contribution < -0.4 is 43.4 Å². The van der Waals surface area contributed by atoms with E-state index in [2.05, 4.69) is 39.2 Å². The molecule has 15 N–H and O–H groups in total. The van der Waals surface area contributed by atoms with Gasteiger partial charge in [0.1, 0.15) is 48.3 Å². The number of aliphatic hydroxyl groups excluding tert-OH is 4. The number of amides is 8. The Labute approximate surface area is 327 Å². The Kier molecular flexibility index (Phi) is 21.3. The molecule has 0 spiro atoms. The summed E-state index contributed by atoms with van der Waals surface area (Å²) in [5.74, 6) is -9.53. The van der Waals surface area contributed by atoms with Gasteiger partial charge < -0.3 is 73.8 Å². The van der Waals surface area contributed by atoms with Crippen molar-refractivity contribution in [2.75, 3.05) is 32.1 Å². The summed E-state index contributed by atoms with van der Waals surface area (Å²) in [6, 6.07) is -11.8. The third-order valence-corrected chi connectivity index (χ3v) is 8.86. The predicted octanol–water partition coefficient (Wildman–Crippen LogP) is -7.10. The molecule has 0 aromatic carbocycles. The van der Waals surface area contributed by atoms with E-state index in [0.717, 1.165) is 6.92 Å². The summed E-state index contributed by atoms with van der Waals surface area (Å²) >= 11 is 4.01. The van der Waals surface area contributed by atoms with Crippen molar-refractivity contribution in [2.24, 2.45) is 17.4 Å². The Morgan fingerprint density at radius 3 is 1.77 bits per heavy atom. The number of nitrogens with one attached hydrogen (secondary N) is 6. The minimum atomic E-state index is -1.77. The summed E-state index contributed by atoms with van der Waals surface area (Å²) in [5, 5.41) is 61.2. The van der Waals surface area contributed by atoms with E-state index in [1.807, 2.05) is 5.32 Å². The summed E-state index contributed by atoms with van der Waals surface area (Å²) in [6.45, 7) is 2.01. The molecule has 318 valence electrons. The fourth-order valence-electron chi connectivity index (χ4n) is 5.42. The van der Waals surface area contributed by atoms with Gasteiger partial charge in [0.05, 0.1) is 25.9 Å². The Hall–Kier alpha value is -4.62. The van der Waals surface area contributed by atoms with Crippen molar-refractivity contribution in [3.8, 4) is 0 Å². The number of primary amides is 1. The molecule has 1 aliphatic heterocycles. The van der Waals surface area contributed by atoms with Crippen molar-refractivity contribution in [2.45, 2.75) is 107 Å². The second kappa shape index (κ2) is 24.1. The highest BCUT2D eigenvalue weighted by atomic mass is 32.1. The van der Waals surface area contributed by atoms with E-state index in [1.165, 1.54) is 4.90 Å². The molecule has 1 rings (SSSR count). The number of carbonyl (C=O) groups is 9. The number of hydrogen-bond acceptors (Lipinski definition) is 15. The van der Waals surface area contributed by atoms with Crippen LogP contribution in [0, 0.1) is 5.92 Å².